The van der Waals surface area contributed by atoms with E-state index in [0.29, 0.717) is 12.0 Å². The second-order valence-electron chi connectivity index (χ2n) is 5.61. The molecule has 0 saturated heterocycles. The first-order valence-electron chi connectivity index (χ1n) is 7.36. The number of para-hydroxylation sites is 1. The molecule has 0 spiro atoms. The lowest BCUT2D eigenvalue weighted by atomic mass is 10.1. The minimum absolute atomic E-state index is 0.0959. The van der Waals surface area contributed by atoms with Gasteiger partial charge in [0, 0.05) is 24.6 Å². The van der Waals surface area contributed by atoms with Crippen LogP contribution < -0.4 is 9.46 Å². The second kappa shape index (κ2) is 6.21. The Morgan fingerprint density at radius 2 is 2.04 bits per heavy atom. The Labute approximate surface area is 139 Å². The van der Waals surface area contributed by atoms with Gasteiger partial charge in [-0.2, -0.15) is 0 Å². The summed E-state index contributed by atoms with van der Waals surface area (Å²) in [5.74, 6) is 0.757. The highest BCUT2D eigenvalue weighted by atomic mass is 32.2. The molecule has 1 unspecified atom stereocenters. The molecule has 7 nitrogen and oxygen atoms in total. The van der Waals surface area contributed by atoms with Crippen molar-refractivity contribution in [3.05, 3.63) is 63.7 Å². The lowest BCUT2D eigenvalue weighted by Crippen LogP contribution is -2.34. The van der Waals surface area contributed by atoms with Crippen molar-refractivity contribution in [2.24, 2.45) is 0 Å². The zero-order valence-electron chi connectivity index (χ0n) is 12.9. The molecule has 2 aromatic carbocycles. The first-order chi connectivity index (χ1) is 11.4. The van der Waals surface area contributed by atoms with Crippen molar-refractivity contribution in [3.63, 3.8) is 0 Å². The number of nitrogens with zero attached hydrogens (tertiary/aromatic N) is 1. The Morgan fingerprint density at radius 1 is 1.29 bits per heavy atom. The van der Waals surface area contributed by atoms with Gasteiger partial charge in [0.05, 0.1) is 9.82 Å². The summed E-state index contributed by atoms with van der Waals surface area (Å²) in [6.45, 7) is 1.66. The SMILES string of the molecule is Cc1ccc(S(=O)(=O)NCC2Cc3ccccc3O2)cc1[N+](=O)[O-]. The number of nitrogens with one attached hydrogen (secondary N) is 1. The number of aryl methyl sites for hydroxylation is 1. The first kappa shape index (κ1) is 16.4. The predicted octanol–water partition coefficient (Wildman–Crippen LogP) is 2.19. The van der Waals surface area contributed by atoms with Gasteiger partial charge in [0.2, 0.25) is 10.0 Å². The summed E-state index contributed by atoms with van der Waals surface area (Å²) in [4.78, 5) is 10.2. The molecule has 0 radical (unpaired) electrons. The van der Waals surface area contributed by atoms with E-state index in [0.717, 1.165) is 17.4 Å². The Hall–Kier alpha value is -2.45. The van der Waals surface area contributed by atoms with Crippen molar-refractivity contribution in [1.29, 1.82) is 0 Å². The number of hydrogen-bond acceptors (Lipinski definition) is 5. The van der Waals surface area contributed by atoms with Crippen molar-refractivity contribution in [3.8, 4) is 5.75 Å². The van der Waals surface area contributed by atoms with Crippen LogP contribution in [-0.4, -0.2) is 26.0 Å². The molecule has 0 amide bonds. The molecule has 8 heteroatoms. The molecule has 3 rings (SSSR count). The van der Waals surface area contributed by atoms with Crippen LogP contribution in [0.5, 0.6) is 5.75 Å². The summed E-state index contributed by atoms with van der Waals surface area (Å²) in [5.41, 5.74) is 1.23. The average molecular weight is 348 g/mol. The molecule has 126 valence electrons. The van der Waals surface area contributed by atoms with Gasteiger partial charge in [0.15, 0.2) is 0 Å². The van der Waals surface area contributed by atoms with Crippen molar-refractivity contribution in [1.82, 2.24) is 4.72 Å². The quantitative estimate of drug-likeness (QED) is 0.660. The number of nitro benzene ring substituents is 1. The summed E-state index contributed by atoms with van der Waals surface area (Å²) < 4.78 is 32.9. The summed E-state index contributed by atoms with van der Waals surface area (Å²) >= 11 is 0. The van der Waals surface area contributed by atoms with Crippen LogP contribution >= 0.6 is 0 Å². The molecular formula is C16H16N2O5S. The Morgan fingerprint density at radius 3 is 2.75 bits per heavy atom. The predicted molar refractivity (Wildman–Crippen MR) is 87.6 cm³/mol. The highest BCUT2D eigenvalue weighted by Gasteiger charge is 2.25. The summed E-state index contributed by atoms with van der Waals surface area (Å²) in [6.07, 6.45) is 0.324. The number of fused-ring (bicyclic) bond motifs is 1. The van der Waals surface area contributed by atoms with Gasteiger partial charge in [0.1, 0.15) is 11.9 Å². The monoisotopic (exact) mass is 348 g/mol. The summed E-state index contributed by atoms with van der Waals surface area (Å²) in [5, 5.41) is 11.0. The fourth-order valence-electron chi connectivity index (χ4n) is 2.61. The molecule has 0 fully saturated rings. The van der Waals surface area contributed by atoms with E-state index < -0.39 is 14.9 Å². The van der Waals surface area contributed by atoms with Crippen molar-refractivity contribution >= 4 is 15.7 Å². The van der Waals surface area contributed by atoms with Gasteiger partial charge in [-0.1, -0.05) is 24.3 Å². The van der Waals surface area contributed by atoms with Crippen molar-refractivity contribution in [2.75, 3.05) is 6.54 Å². The smallest absolute Gasteiger partial charge is 0.273 e. The normalized spacial score (nSPS) is 16.5. The molecule has 0 bridgehead atoms. The molecule has 24 heavy (non-hydrogen) atoms. The molecule has 0 aliphatic carbocycles. The van der Waals surface area contributed by atoms with Gasteiger partial charge in [-0.3, -0.25) is 10.1 Å². The van der Waals surface area contributed by atoms with Crippen LogP contribution in [0.1, 0.15) is 11.1 Å². The highest BCUT2D eigenvalue weighted by Crippen LogP contribution is 2.28. The standard InChI is InChI=1S/C16H16N2O5S/c1-11-6-7-14(9-15(11)18(19)20)24(21,22)17-10-13-8-12-4-2-3-5-16(12)23-13/h2-7,9,13,17H,8,10H2,1H3. The van der Waals surface area contributed by atoms with Crippen LogP contribution in [0.3, 0.4) is 0 Å². The van der Waals surface area contributed by atoms with Crippen LogP contribution in [0.25, 0.3) is 0 Å². The van der Waals surface area contributed by atoms with Crippen LogP contribution in [0.2, 0.25) is 0 Å². The number of hydrogen-bond donors (Lipinski definition) is 1. The molecule has 1 aliphatic heterocycles. The number of benzene rings is 2. The molecule has 1 heterocycles. The Kier molecular flexibility index (Phi) is 4.25. The molecule has 0 saturated carbocycles. The second-order valence-corrected chi connectivity index (χ2v) is 7.38. The third-order valence-electron chi connectivity index (χ3n) is 3.90. The van der Waals surface area contributed by atoms with Crippen LogP contribution in [-0.2, 0) is 16.4 Å². The van der Waals surface area contributed by atoms with Gasteiger partial charge in [-0.25, -0.2) is 13.1 Å². The number of ether oxygens (including phenoxy) is 1. The van der Waals surface area contributed by atoms with Gasteiger partial charge in [0.25, 0.3) is 5.69 Å². The molecule has 0 aromatic heterocycles. The lowest BCUT2D eigenvalue weighted by molar-refractivity contribution is -0.385. The van der Waals surface area contributed by atoms with Gasteiger partial charge in [-0.15, -0.1) is 0 Å². The molecule has 1 aliphatic rings. The maximum atomic E-state index is 12.4. The van der Waals surface area contributed by atoms with E-state index in [2.05, 4.69) is 4.72 Å². The fourth-order valence-corrected chi connectivity index (χ4v) is 3.69. The highest BCUT2D eigenvalue weighted by molar-refractivity contribution is 7.89. The zero-order valence-corrected chi connectivity index (χ0v) is 13.7. The van der Waals surface area contributed by atoms with E-state index in [1.165, 1.54) is 12.1 Å². The third kappa shape index (κ3) is 3.24. The minimum Gasteiger partial charge on any atom is -0.488 e. The van der Waals surface area contributed by atoms with E-state index in [4.69, 9.17) is 4.74 Å². The zero-order chi connectivity index (χ0) is 17.3. The number of sulfonamides is 1. The number of rotatable bonds is 5. The molecule has 2 aromatic rings. The van der Waals surface area contributed by atoms with E-state index in [1.54, 1.807) is 6.92 Å². The molecule has 1 N–H and O–H groups in total. The fraction of sp³-hybridized carbons (Fsp3) is 0.250. The van der Waals surface area contributed by atoms with Crippen molar-refractivity contribution in [2.45, 2.75) is 24.3 Å². The van der Waals surface area contributed by atoms with Crippen LogP contribution in [0.15, 0.2) is 47.4 Å². The largest absolute Gasteiger partial charge is 0.488 e. The van der Waals surface area contributed by atoms with E-state index in [1.807, 2.05) is 24.3 Å². The van der Waals surface area contributed by atoms with E-state index >= 15 is 0 Å². The summed E-state index contributed by atoms with van der Waals surface area (Å²) in [6, 6.07) is 11.4. The Balaban J connectivity index is 1.71. The van der Waals surface area contributed by atoms with Crippen molar-refractivity contribution < 1.29 is 18.1 Å². The average Bonchev–Trinajstić information content (AvgIpc) is 2.96. The third-order valence-corrected chi connectivity index (χ3v) is 5.32. The van der Waals surface area contributed by atoms with Gasteiger partial charge < -0.3 is 4.74 Å². The maximum Gasteiger partial charge on any atom is 0.273 e. The lowest BCUT2D eigenvalue weighted by Gasteiger charge is -2.12. The van der Waals surface area contributed by atoms with E-state index in [-0.39, 0.29) is 23.2 Å². The summed E-state index contributed by atoms with van der Waals surface area (Å²) in [7, 11) is -3.84. The number of nitro groups is 1. The van der Waals surface area contributed by atoms with Crippen LogP contribution in [0.4, 0.5) is 5.69 Å². The van der Waals surface area contributed by atoms with Gasteiger partial charge >= 0.3 is 0 Å². The molecular weight excluding hydrogens is 332 g/mol. The van der Waals surface area contributed by atoms with Crippen LogP contribution in [0, 0.1) is 17.0 Å². The van der Waals surface area contributed by atoms with E-state index in [9.17, 15) is 18.5 Å². The van der Waals surface area contributed by atoms with Gasteiger partial charge in [-0.05, 0) is 24.6 Å². The Bertz CT molecular complexity index is 870. The minimum atomic E-state index is -3.84. The maximum absolute atomic E-state index is 12.4. The first-order valence-corrected chi connectivity index (χ1v) is 8.84. The molecule has 1 atom stereocenters. The topological polar surface area (TPSA) is 98.5 Å².